The first-order valence-electron chi connectivity index (χ1n) is 9.70. The Morgan fingerprint density at radius 1 is 1.08 bits per heavy atom. The Bertz CT molecular complexity index is 868. The molecule has 2 nitrogen and oxygen atoms in total. The zero-order valence-electron chi connectivity index (χ0n) is 15.5. The van der Waals surface area contributed by atoms with Crippen LogP contribution in [0.3, 0.4) is 0 Å². The van der Waals surface area contributed by atoms with E-state index < -0.39 is 0 Å². The monoisotopic (exact) mass is 331 g/mol. The first kappa shape index (κ1) is 16.4. The summed E-state index contributed by atoms with van der Waals surface area (Å²) in [5.74, 6) is 3.28. The second-order valence-corrected chi connectivity index (χ2v) is 7.81. The zero-order valence-corrected chi connectivity index (χ0v) is 15.5. The molecule has 4 rings (SSSR count). The Balaban J connectivity index is 1.65. The van der Waals surface area contributed by atoms with Gasteiger partial charge in [-0.25, -0.2) is 4.57 Å². The SMILES string of the molecule is CN1C=c2ccccc2=CB1c1cc(CC2CCCCC2)cc[n+]1C. The second-order valence-electron chi connectivity index (χ2n) is 7.81. The average molecular weight is 331 g/mol. The predicted molar refractivity (Wildman–Crippen MR) is 106 cm³/mol. The van der Waals surface area contributed by atoms with Crippen LogP contribution in [0.25, 0.3) is 12.2 Å². The summed E-state index contributed by atoms with van der Waals surface area (Å²) >= 11 is 0. The predicted octanol–water partition coefficient (Wildman–Crippen LogP) is 1.54. The first-order chi connectivity index (χ1) is 12.2. The molecule has 1 aliphatic carbocycles. The normalized spacial score (nSPS) is 17.7. The summed E-state index contributed by atoms with van der Waals surface area (Å²) in [6.45, 7) is 0.297. The molecule has 25 heavy (non-hydrogen) atoms. The fraction of sp³-hybridized carbons (Fsp3) is 0.409. The highest BCUT2D eigenvalue weighted by molar-refractivity contribution is 6.82. The largest absolute Gasteiger partial charge is 0.411 e. The van der Waals surface area contributed by atoms with Crippen molar-refractivity contribution >= 4 is 24.6 Å². The Hall–Kier alpha value is -2.03. The molecule has 1 aliphatic heterocycles. The van der Waals surface area contributed by atoms with Gasteiger partial charge < -0.3 is 4.81 Å². The molecule has 0 spiro atoms. The number of benzene rings is 1. The minimum Gasteiger partial charge on any atom is -0.411 e. The van der Waals surface area contributed by atoms with Crippen LogP contribution < -0.4 is 20.6 Å². The molecule has 2 aromatic rings. The second kappa shape index (κ2) is 7.07. The van der Waals surface area contributed by atoms with Crippen molar-refractivity contribution < 1.29 is 4.57 Å². The molecule has 2 aliphatic rings. The van der Waals surface area contributed by atoms with E-state index in [-0.39, 0.29) is 0 Å². The van der Waals surface area contributed by atoms with Crippen LogP contribution in [0.2, 0.25) is 0 Å². The van der Waals surface area contributed by atoms with Crippen molar-refractivity contribution in [2.75, 3.05) is 7.05 Å². The van der Waals surface area contributed by atoms with Gasteiger partial charge in [0.25, 0.3) is 0 Å². The van der Waals surface area contributed by atoms with Crippen molar-refractivity contribution in [2.24, 2.45) is 13.0 Å². The van der Waals surface area contributed by atoms with Crippen LogP contribution in [0.15, 0.2) is 42.6 Å². The quantitative estimate of drug-likeness (QED) is 0.611. The van der Waals surface area contributed by atoms with Gasteiger partial charge in [0, 0.05) is 12.1 Å². The molecule has 0 unspecified atom stereocenters. The van der Waals surface area contributed by atoms with Crippen molar-refractivity contribution in [3.8, 4) is 0 Å². The van der Waals surface area contributed by atoms with Gasteiger partial charge in [-0.1, -0.05) is 62.3 Å². The Morgan fingerprint density at radius 2 is 1.84 bits per heavy atom. The number of aromatic nitrogens is 1. The van der Waals surface area contributed by atoms with Crippen LogP contribution in [0.1, 0.15) is 37.7 Å². The van der Waals surface area contributed by atoms with E-state index in [4.69, 9.17) is 0 Å². The summed E-state index contributed by atoms with van der Waals surface area (Å²) in [4.78, 5) is 2.34. The van der Waals surface area contributed by atoms with Gasteiger partial charge in [-0.15, -0.1) is 0 Å². The molecule has 0 radical (unpaired) electrons. The van der Waals surface area contributed by atoms with Crippen LogP contribution >= 0.6 is 0 Å². The van der Waals surface area contributed by atoms with Crippen molar-refractivity contribution in [1.82, 2.24) is 4.81 Å². The van der Waals surface area contributed by atoms with E-state index in [2.05, 4.69) is 78.2 Å². The van der Waals surface area contributed by atoms with Gasteiger partial charge in [0.05, 0.1) is 0 Å². The highest BCUT2D eigenvalue weighted by atomic mass is 15.0. The summed E-state index contributed by atoms with van der Waals surface area (Å²) < 4.78 is 2.28. The standard InChI is InChI=1S/C22H28BN2/c1-24-13-12-19(14-18-8-4-3-5-9-18)15-22(24)23-16-20-10-6-7-11-21(20)17-25(23)2/h6-7,10-13,15-18H,3-5,8-9,14H2,1-2H3/q+1. The molecule has 128 valence electrons. The van der Waals surface area contributed by atoms with Gasteiger partial charge in [0.2, 0.25) is 0 Å². The summed E-state index contributed by atoms with van der Waals surface area (Å²) in [5, 5.41) is 2.64. The molecule has 1 aromatic carbocycles. The zero-order chi connectivity index (χ0) is 17.2. The maximum atomic E-state index is 2.44. The third-order valence-electron chi connectivity index (χ3n) is 5.92. The minimum absolute atomic E-state index is 0.297. The molecule has 0 amide bonds. The van der Waals surface area contributed by atoms with Gasteiger partial charge in [0.15, 0.2) is 11.8 Å². The van der Waals surface area contributed by atoms with E-state index in [1.54, 1.807) is 0 Å². The fourth-order valence-corrected chi connectivity index (χ4v) is 4.44. The van der Waals surface area contributed by atoms with Gasteiger partial charge in [0.1, 0.15) is 7.05 Å². The van der Waals surface area contributed by atoms with E-state index in [1.807, 2.05) is 0 Å². The van der Waals surface area contributed by atoms with Gasteiger partial charge >= 0.3 is 6.85 Å². The molecule has 2 heterocycles. The number of fused-ring (bicyclic) bond motifs is 1. The summed E-state index contributed by atoms with van der Waals surface area (Å²) in [7, 11) is 4.35. The average Bonchev–Trinajstić information content (AvgIpc) is 2.64. The molecular weight excluding hydrogens is 303 g/mol. The summed E-state index contributed by atoms with van der Waals surface area (Å²) in [6.07, 6.45) is 12.8. The van der Waals surface area contributed by atoms with E-state index >= 15 is 0 Å². The van der Waals surface area contributed by atoms with Crippen molar-refractivity contribution in [2.45, 2.75) is 38.5 Å². The van der Waals surface area contributed by atoms with E-state index in [0.717, 1.165) is 5.92 Å². The highest BCUT2D eigenvalue weighted by Crippen LogP contribution is 2.26. The Morgan fingerprint density at radius 3 is 2.64 bits per heavy atom. The molecule has 1 aromatic heterocycles. The first-order valence-corrected chi connectivity index (χ1v) is 9.70. The molecule has 0 N–H and O–H groups in total. The number of rotatable bonds is 3. The molecule has 0 saturated heterocycles. The van der Waals surface area contributed by atoms with Gasteiger partial charge in [-0.2, -0.15) is 0 Å². The maximum Gasteiger partial charge on any atom is 0.396 e. The maximum absolute atomic E-state index is 2.44. The van der Waals surface area contributed by atoms with Crippen molar-refractivity contribution in [3.05, 3.63) is 58.6 Å². The number of aryl methyl sites for hydroxylation is 1. The van der Waals surface area contributed by atoms with Crippen LogP contribution in [-0.4, -0.2) is 18.7 Å². The Kier molecular flexibility index (Phi) is 4.65. The highest BCUT2D eigenvalue weighted by Gasteiger charge is 2.29. The number of nitrogens with zero attached hydrogens (tertiary/aromatic N) is 2. The van der Waals surface area contributed by atoms with E-state index in [1.165, 1.54) is 60.1 Å². The smallest absolute Gasteiger partial charge is 0.396 e. The molecule has 1 fully saturated rings. The van der Waals surface area contributed by atoms with Crippen LogP contribution in [0.4, 0.5) is 0 Å². The van der Waals surface area contributed by atoms with Gasteiger partial charge in [-0.05, 0) is 41.6 Å². The van der Waals surface area contributed by atoms with Crippen LogP contribution in [0.5, 0.6) is 0 Å². The van der Waals surface area contributed by atoms with Gasteiger partial charge in [-0.3, -0.25) is 0 Å². The number of hydrogen-bond donors (Lipinski definition) is 0. The number of hydrogen-bond acceptors (Lipinski definition) is 1. The third-order valence-corrected chi connectivity index (χ3v) is 5.92. The van der Waals surface area contributed by atoms with Crippen LogP contribution in [0, 0.1) is 5.92 Å². The summed E-state index contributed by atoms with van der Waals surface area (Å²) in [5.41, 5.74) is 2.88. The van der Waals surface area contributed by atoms with Crippen LogP contribution in [-0.2, 0) is 13.5 Å². The Labute approximate surface area is 151 Å². The molecule has 3 heteroatoms. The molecule has 1 saturated carbocycles. The number of pyridine rings is 1. The van der Waals surface area contributed by atoms with E-state index in [0.29, 0.717) is 6.85 Å². The van der Waals surface area contributed by atoms with E-state index in [9.17, 15) is 0 Å². The molecule has 0 atom stereocenters. The summed E-state index contributed by atoms with van der Waals surface area (Å²) in [6, 6.07) is 13.4. The minimum atomic E-state index is 0.297. The topological polar surface area (TPSA) is 7.12 Å². The van der Waals surface area contributed by atoms with Crippen molar-refractivity contribution in [3.63, 3.8) is 0 Å². The lowest BCUT2D eigenvalue weighted by Crippen LogP contribution is -2.61. The fourth-order valence-electron chi connectivity index (χ4n) is 4.44. The molecular formula is C22H28BN2+. The molecule has 0 bridgehead atoms. The third kappa shape index (κ3) is 3.51. The van der Waals surface area contributed by atoms with Crippen molar-refractivity contribution in [1.29, 1.82) is 0 Å². The lowest BCUT2D eigenvalue weighted by molar-refractivity contribution is -0.654. The lowest BCUT2D eigenvalue weighted by Gasteiger charge is -2.23. The lowest BCUT2D eigenvalue weighted by atomic mass is 9.55.